The second-order valence-electron chi connectivity index (χ2n) is 10.3. The van der Waals surface area contributed by atoms with Crippen molar-refractivity contribution in [3.8, 4) is 0 Å². The first kappa shape index (κ1) is 27.6. The van der Waals surface area contributed by atoms with Gasteiger partial charge in [-0.05, 0) is 82.8 Å². The van der Waals surface area contributed by atoms with Crippen LogP contribution in [0.2, 0.25) is 10.0 Å². The number of carbonyl (C=O) groups excluding carboxylic acids is 2. The number of nitrogens with zero attached hydrogens (tertiary/aromatic N) is 3. The van der Waals surface area contributed by atoms with E-state index in [-0.39, 0.29) is 22.5 Å². The van der Waals surface area contributed by atoms with Crippen LogP contribution in [-0.4, -0.2) is 46.5 Å². The van der Waals surface area contributed by atoms with Gasteiger partial charge in [0.1, 0.15) is 5.67 Å². The molecule has 1 saturated heterocycles. The smallest absolute Gasteiger partial charge is 0.305 e. The Kier molecular flexibility index (Phi) is 7.98. The molecular weight excluding hydrogens is 516 g/mol. The van der Waals surface area contributed by atoms with Crippen LogP contribution in [-0.2, 0) is 21.7 Å². The van der Waals surface area contributed by atoms with Crippen molar-refractivity contribution in [2.75, 3.05) is 20.2 Å². The van der Waals surface area contributed by atoms with Crippen LogP contribution in [0.5, 0.6) is 0 Å². The molecule has 0 amide bonds. The molecule has 3 heterocycles. The minimum Gasteiger partial charge on any atom is -0.469 e. The molecule has 0 unspecified atom stereocenters. The van der Waals surface area contributed by atoms with Crippen molar-refractivity contribution < 1.29 is 18.7 Å². The number of ether oxygens (including phenoxy) is 1. The minimum absolute atomic E-state index is 0.176. The maximum atomic E-state index is 14.6. The molecule has 1 fully saturated rings. The minimum atomic E-state index is -1.60. The molecule has 9 heteroatoms. The van der Waals surface area contributed by atoms with E-state index in [1.54, 1.807) is 25.3 Å². The first-order chi connectivity index (χ1) is 17.4. The highest BCUT2D eigenvalue weighted by atomic mass is 35.5. The topological polar surface area (TPSA) is 64.4 Å². The average Bonchev–Trinajstić information content (AvgIpc) is 3.18. The number of likely N-dealkylation sites (tertiary alicyclic amines) is 1. The van der Waals surface area contributed by atoms with Gasteiger partial charge in [-0.3, -0.25) is 24.0 Å². The molecular formula is C28H32Cl2FN3O3. The van der Waals surface area contributed by atoms with Gasteiger partial charge in [0.25, 0.3) is 5.91 Å². The average molecular weight is 548 g/mol. The van der Waals surface area contributed by atoms with Gasteiger partial charge in [-0.2, -0.15) is 0 Å². The molecule has 1 aliphatic rings. The molecule has 1 aromatic carbocycles. The number of fused-ring (bicyclic) bond motifs is 1. The zero-order valence-electron chi connectivity index (χ0n) is 21.8. The molecule has 1 aliphatic heterocycles. The van der Waals surface area contributed by atoms with E-state index in [4.69, 9.17) is 27.9 Å². The van der Waals surface area contributed by atoms with Crippen molar-refractivity contribution in [2.45, 2.75) is 59.2 Å². The zero-order chi connectivity index (χ0) is 27.1. The Bertz CT molecular complexity index is 1360. The molecule has 0 radical (unpaired) electrons. The Hall–Kier alpha value is -2.48. The summed E-state index contributed by atoms with van der Waals surface area (Å²) >= 11 is 13.3. The Balaban J connectivity index is 1.62. The van der Waals surface area contributed by atoms with Gasteiger partial charge >= 0.3 is 5.97 Å². The lowest BCUT2D eigenvalue weighted by Crippen LogP contribution is -2.34. The maximum Gasteiger partial charge on any atom is 0.305 e. The first-order valence-corrected chi connectivity index (χ1v) is 13.2. The van der Waals surface area contributed by atoms with Crippen LogP contribution in [0.4, 0.5) is 4.39 Å². The molecule has 2 aromatic heterocycles. The SMILES string of the molecule is COC(=O)CC1CCN(Cc2ccc(Cl)c(C(=O)n3cc(C)c4cc(C(C)(C)F)nc(C)c43)c2Cl)CC1. The summed E-state index contributed by atoms with van der Waals surface area (Å²) in [7, 11) is 1.41. The van der Waals surface area contributed by atoms with Crippen LogP contribution in [0.15, 0.2) is 24.4 Å². The van der Waals surface area contributed by atoms with E-state index in [9.17, 15) is 14.0 Å². The van der Waals surface area contributed by atoms with Crippen LogP contribution in [0, 0.1) is 19.8 Å². The van der Waals surface area contributed by atoms with Crippen LogP contribution >= 0.6 is 23.2 Å². The predicted molar refractivity (Wildman–Crippen MR) is 144 cm³/mol. The van der Waals surface area contributed by atoms with Gasteiger partial charge in [0.15, 0.2) is 0 Å². The Morgan fingerprint density at radius 3 is 2.49 bits per heavy atom. The summed E-state index contributed by atoms with van der Waals surface area (Å²) in [5, 5.41) is 1.35. The normalized spacial score (nSPS) is 15.4. The number of rotatable bonds is 6. The predicted octanol–water partition coefficient (Wildman–Crippen LogP) is 6.63. The number of pyridine rings is 1. The molecule has 0 N–H and O–H groups in total. The monoisotopic (exact) mass is 547 g/mol. The van der Waals surface area contributed by atoms with Gasteiger partial charge in [-0.15, -0.1) is 0 Å². The summed E-state index contributed by atoms with van der Waals surface area (Å²) in [4.78, 5) is 32.1. The molecule has 0 aliphatic carbocycles. The van der Waals surface area contributed by atoms with E-state index >= 15 is 0 Å². The van der Waals surface area contributed by atoms with Crippen molar-refractivity contribution in [3.63, 3.8) is 0 Å². The van der Waals surface area contributed by atoms with Gasteiger partial charge in [0, 0.05) is 24.5 Å². The van der Waals surface area contributed by atoms with E-state index in [0.717, 1.165) is 42.4 Å². The number of benzene rings is 1. The highest BCUT2D eigenvalue weighted by Crippen LogP contribution is 2.34. The van der Waals surface area contributed by atoms with E-state index in [2.05, 4.69) is 9.88 Å². The summed E-state index contributed by atoms with van der Waals surface area (Å²) in [6, 6.07) is 5.25. The van der Waals surface area contributed by atoms with Gasteiger partial charge in [0.05, 0.1) is 39.6 Å². The number of esters is 1. The molecule has 198 valence electrons. The fourth-order valence-corrected chi connectivity index (χ4v) is 5.60. The van der Waals surface area contributed by atoms with Crippen molar-refractivity contribution in [3.05, 3.63) is 62.5 Å². The number of hydrogen-bond donors (Lipinski definition) is 0. The summed E-state index contributed by atoms with van der Waals surface area (Å²) in [6.45, 7) is 8.79. The summed E-state index contributed by atoms with van der Waals surface area (Å²) in [5.41, 5.74) is 1.75. The highest BCUT2D eigenvalue weighted by Gasteiger charge is 2.27. The number of halogens is 3. The third kappa shape index (κ3) is 5.69. The lowest BCUT2D eigenvalue weighted by Gasteiger charge is -2.31. The highest BCUT2D eigenvalue weighted by molar-refractivity contribution is 6.40. The number of piperidine rings is 1. The maximum absolute atomic E-state index is 14.6. The molecule has 0 spiro atoms. The molecule has 0 bridgehead atoms. The van der Waals surface area contributed by atoms with E-state index in [0.29, 0.717) is 40.8 Å². The van der Waals surface area contributed by atoms with Crippen molar-refractivity contribution in [1.29, 1.82) is 0 Å². The van der Waals surface area contributed by atoms with Crippen LogP contribution in [0.3, 0.4) is 0 Å². The Morgan fingerprint density at radius 2 is 1.86 bits per heavy atom. The van der Waals surface area contributed by atoms with Gasteiger partial charge in [0.2, 0.25) is 0 Å². The lowest BCUT2D eigenvalue weighted by molar-refractivity contribution is -0.142. The van der Waals surface area contributed by atoms with Crippen molar-refractivity contribution in [1.82, 2.24) is 14.5 Å². The number of carbonyl (C=O) groups is 2. The quantitative estimate of drug-likeness (QED) is 0.324. The van der Waals surface area contributed by atoms with Gasteiger partial charge in [-0.1, -0.05) is 29.3 Å². The largest absolute Gasteiger partial charge is 0.469 e. The standard InChI is InChI=1S/C28H32Cl2FN3O3/c1-16-14-34(26-17(2)32-22(13-20(16)26)28(3,4)31)27(36)24-21(29)7-6-19(25(24)30)15-33-10-8-18(9-11-33)12-23(35)37-5/h6-7,13-14,18H,8-12,15H2,1-5H3. The van der Waals surface area contributed by atoms with E-state index in [1.165, 1.54) is 25.5 Å². The zero-order valence-corrected chi connectivity index (χ0v) is 23.3. The third-order valence-electron chi connectivity index (χ3n) is 7.15. The Morgan fingerprint density at radius 1 is 1.19 bits per heavy atom. The molecule has 6 nitrogen and oxygen atoms in total. The second kappa shape index (κ2) is 10.7. The number of aromatic nitrogens is 2. The number of aryl methyl sites for hydroxylation is 2. The van der Waals surface area contributed by atoms with Gasteiger partial charge < -0.3 is 4.74 Å². The van der Waals surface area contributed by atoms with Crippen molar-refractivity contribution in [2.24, 2.45) is 5.92 Å². The molecule has 37 heavy (non-hydrogen) atoms. The van der Waals surface area contributed by atoms with Crippen molar-refractivity contribution >= 4 is 46.0 Å². The molecule has 3 aromatic rings. The van der Waals surface area contributed by atoms with E-state index < -0.39 is 5.67 Å². The van der Waals surface area contributed by atoms with E-state index in [1.807, 2.05) is 13.0 Å². The Labute approximate surface area is 226 Å². The molecule has 4 rings (SSSR count). The fourth-order valence-electron chi connectivity index (χ4n) is 5.01. The number of methoxy groups -OCH3 is 1. The van der Waals surface area contributed by atoms with Crippen LogP contribution in [0.1, 0.15) is 66.0 Å². The first-order valence-electron chi connectivity index (χ1n) is 12.4. The fraction of sp³-hybridized carbons (Fsp3) is 0.464. The van der Waals surface area contributed by atoms with Gasteiger partial charge in [-0.25, -0.2) is 4.39 Å². The number of hydrogen-bond acceptors (Lipinski definition) is 5. The molecule has 0 atom stereocenters. The summed E-state index contributed by atoms with van der Waals surface area (Å²) < 4.78 is 20.9. The second-order valence-corrected chi connectivity index (χ2v) is 11.1. The molecule has 0 saturated carbocycles. The van der Waals surface area contributed by atoms with Crippen LogP contribution in [0.25, 0.3) is 10.9 Å². The summed E-state index contributed by atoms with van der Waals surface area (Å²) in [6.07, 6.45) is 3.95. The van der Waals surface area contributed by atoms with Crippen LogP contribution < -0.4 is 0 Å². The lowest BCUT2D eigenvalue weighted by atomic mass is 9.93. The summed E-state index contributed by atoms with van der Waals surface area (Å²) in [5.74, 6) is -0.221. The number of alkyl halides is 1. The third-order valence-corrected chi connectivity index (χ3v) is 7.90.